The van der Waals surface area contributed by atoms with E-state index in [1.54, 1.807) is 37.9 Å². The largest absolute Gasteiger partial charge is 0.457 e. The number of benzene rings is 5. The lowest BCUT2D eigenvalue weighted by molar-refractivity contribution is -0.671. The van der Waals surface area contributed by atoms with Crippen molar-refractivity contribution in [1.29, 1.82) is 0 Å². The molecule has 14 heteroatoms. The number of aryl methyl sites for hydroxylation is 1. The Hall–Kier alpha value is -7.26. The molecule has 358 valence electrons. The number of nitrogens with zero attached hydrogens (tertiary/aromatic N) is 3. The first-order valence-corrected chi connectivity index (χ1v) is 26.0. The highest BCUT2D eigenvalue weighted by Gasteiger charge is 2.55. The molecule has 0 bridgehead atoms. The Bertz CT molecular complexity index is 2940. The van der Waals surface area contributed by atoms with Gasteiger partial charge in [0.2, 0.25) is 0 Å². The average Bonchev–Trinajstić information content (AvgIpc) is 3.86. The molecule has 0 radical (unpaired) electrons. The number of anilines is 1. The van der Waals surface area contributed by atoms with Gasteiger partial charge in [-0.05, 0) is 54.2 Å². The van der Waals surface area contributed by atoms with Crippen LogP contribution in [0.15, 0.2) is 204 Å². The highest BCUT2D eigenvalue weighted by atomic mass is 32.2. The van der Waals surface area contributed by atoms with Crippen molar-refractivity contribution in [2.45, 2.75) is 54.3 Å². The second kappa shape index (κ2) is 21.4. The number of ether oxygens (including phenoxy) is 2. The van der Waals surface area contributed by atoms with Gasteiger partial charge in [-0.25, -0.2) is 19.1 Å². The molecular weight excluding hydrogens is 947 g/mol. The molecule has 4 heterocycles. The van der Waals surface area contributed by atoms with Gasteiger partial charge in [0.25, 0.3) is 11.8 Å². The molecule has 2 aliphatic rings. The summed E-state index contributed by atoms with van der Waals surface area (Å²) in [5.74, 6) is -1.77. The third-order valence-electron chi connectivity index (χ3n) is 11.9. The number of thiazole rings is 1. The Morgan fingerprint density at radius 1 is 0.789 bits per heavy atom. The number of pyridine rings is 1. The van der Waals surface area contributed by atoms with Gasteiger partial charge in [0, 0.05) is 40.0 Å². The van der Waals surface area contributed by atoms with E-state index in [9.17, 15) is 19.2 Å². The monoisotopic (exact) mass is 998 g/mol. The van der Waals surface area contributed by atoms with Crippen molar-refractivity contribution in [3.8, 4) is 0 Å². The van der Waals surface area contributed by atoms with Crippen LogP contribution in [0.3, 0.4) is 0 Å². The molecule has 11 nitrogen and oxygen atoms in total. The van der Waals surface area contributed by atoms with Crippen LogP contribution in [0.1, 0.15) is 60.4 Å². The zero-order valence-electron chi connectivity index (χ0n) is 39.6. The van der Waals surface area contributed by atoms with Crippen molar-refractivity contribution in [1.82, 2.24) is 15.2 Å². The first-order chi connectivity index (χ1) is 34.4. The van der Waals surface area contributed by atoms with Crippen molar-refractivity contribution in [2.75, 3.05) is 16.8 Å². The fraction of sp³-hybridized carbons (Fsp3) is 0.193. The number of hydrogen-bond acceptors (Lipinski definition) is 11. The number of aromatic nitrogens is 2. The van der Waals surface area contributed by atoms with Gasteiger partial charge in [-0.1, -0.05) is 152 Å². The van der Waals surface area contributed by atoms with E-state index in [0.717, 1.165) is 44.4 Å². The van der Waals surface area contributed by atoms with E-state index in [4.69, 9.17) is 14.5 Å². The van der Waals surface area contributed by atoms with Crippen molar-refractivity contribution >= 4 is 69.3 Å². The number of fused-ring (bicyclic) bond motifs is 1. The number of β-lactam (4-membered cyclic amide) rings is 1. The highest BCUT2D eigenvalue weighted by Crippen LogP contribution is 2.44. The van der Waals surface area contributed by atoms with E-state index < -0.39 is 52.4 Å². The second-order valence-electron chi connectivity index (χ2n) is 18.0. The molecule has 2 atom stereocenters. The fourth-order valence-electron chi connectivity index (χ4n) is 8.60. The smallest absolute Gasteiger partial charge is 0.356 e. The van der Waals surface area contributed by atoms with Gasteiger partial charge in [-0.15, -0.1) is 34.9 Å². The van der Waals surface area contributed by atoms with Crippen molar-refractivity contribution in [2.24, 2.45) is 7.05 Å². The Kier molecular flexibility index (Phi) is 14.7. The summed E-state index contributed by atoms with van der Waals surface area (Å²) in [6.07, 6.45) is 4.28. The average molecular weight is 999 g/mol. The molecule has 1 unspecified atom stereocenters. The number of amides is 2. The number of rotatable bonds is 16. The van der Waals surface area contributed by atoms with E-state index in [1.165, 1.54) is 28.0 Å². The van der Waals surface area contributed by atoms with E-state index in [2.05, 4.69) is 47.0 Å². The molecule has 1 saturated heterocycles. The Labute approximate surface area is 426 Å². The molecule has 2 aromatic heterocycles. The topological polar surface area (TPSA) is 131 Å². The lowest BCUT2D eigenvalue weighted by atomic mass is 9.77. The maximum Gasteiger partial charge on any atom is 0.356 e. The summed E-state index contributed by atoms with van der Waals surface area (Å²) < 4.78 is 14.0. The van der Waals surface area contributed by atoms with Gasteiger partial charge in [-0.3, -0.25) is 14.5 Å². The number of carbonyl (C=O) groups excluding carboxylic acids is 4. The molecule has 0 aliphatic carbocycles. The third-order valence-corrected chi connectivity index (χ3v) is 15.1. The van der Waals surface area contributed by atoms with Crippen molar-refractivity contribution in [3.05, 3.63) is 232 Å². The summed E-state index contributed by atoms with van der Waals surface area (Å²) in [7, 11) is 1.95. The third kappa shape index (κ3) is 10.9. The van der Waals surface area contributed by atoms with Gasteiger partial charge in [-0.2, -0.15) is 0 Å². The SMILES string of the molecule is C[n+]1ccc(SCC2=C(C(=O)OC(c3ccccc3)c3ccccc3)N3C(=O)C(NC(=O)C(=CC(=O)OC(C)(C)C)c4csc(NC(c5ccccc5)(c5ccccc5)c5ccccc5)n4)[C@H]3SC2)cc1. The van der Waals surface area contributed by atoms with E-state index in [1.807, 2.05) is 151 Å². The first-order valence-electron chi connectivity index (χ1n) is 23.1. The summed E-state index contributed by atoms with van der Waals surface area (Å²) >= 11 is 4.29. The Morgan fingerprint density at radius 2 is 1.31 bits per heavy atom. The second-order valence-corrected chi connectivity index (χ2v) is 21.0. The van der Waals surface area contributed by atoms with Gasteiger partial charge in [0.05, 0.1) is 11.3 Å². The van der Waals surface area contributed by atoms with E-state index >= 15 is 0 Å². The molecule has 9 rings (SSSR count). The molecule has 2 amide bonds. The molecule has 2 N–H and O–H groups in total. The normalized spacial score (nSPS) is 15.9. The summed E-state index contributed by atoms with van der Waals surface area (Å²) in [5, 5.41) is 8.21. The predicted octanol–water partition coefficient (Wildman–Crippen LogP) is 9.88. The van der Waals surface area contributed by atoms with E-state index in [-0.39, 0.29) is 17.0 Å². The molecule has 0 saturated carbocycles. The van der Waals surface area contributed by atoms with Gasteiger partial charge in [0.1, 0.15) is 35.3 Å². The number of thioether (sulfide) groups is 2. The van der Waals surface area contributed by atoms with Crippen LogP contribution in [0.25, 0.3) is 5.57 Å². The minimum atomic E-state index is -1.04. The zero-order chi connectivity index (χ0) is 49.5. The lowest BCUT2D eigenvalue weighted by Gasteiger charge is -2.50. The highest BCUT2D eigenvalue weighted by molar-refractivity contribution is 8.01. The number of esters is 2. The Morgan fingerprint density at radius 3 is 1.83 bits per heavy atom. The zero-order valence-corrected chi connectivity index (χ0v) is 42.0. The van der Waals surface area contributed by atoms with Crippen LogP contribution in [-0.2, 0) is 41.2 Å². The minimum Gasteiger partial charge on any atom is -0.457 e. The van der Waals surface area contributed by atoms with Crippen LogP contribution in [0, 0.1) is 0 Å². The molecule has 5 aromatic carbocycles. The molecular formula is C57H52N5O6S3+. The van der Waals surface area contributed by atoms with Crippen LogP contribution in [-0.4, -0.2) is 62.2 Å². The molecule has 2 aliphatic heterocycles. The summed E-state index contributed by atoms with van der Waals surface area (Å²) in [5.41, 5.74) is 3.66. The number of nitrogens with one attached hydrogen (secondary N) is 2. The number of hydrogen-bond donors (Lipinski definition) is 2. The maximum atomic E-state index is 14.7. The minimum absolute atomic E-state index is 0.0857. The Balaban J connectivity index is 1.03. The summed E-state index contributed by atoms with van der Waals surface area (Å²) in [6.45, 7) is 5.23. The van der Waals surface area contributed by atoms with Crippen LogP contribution < -0.4 is 15.2 Å². The summed E-state index contributed by atoms with van der Waals surface area (Å²) in [4.78, 5) is 65.0. The molecule has 7 aromatic rings. The standard InChI is InChI=1S/C57H51N5O6S3/c1-56(2,3)68-47(63)34-45(46-37-71-55(58-46)60-57(41-24-14-7-15-25-41,42-26-16-8-17-27-42)43-28-18-9-19-29-43)51(64)59-48-52(65)62-49(40(36-70-53(48)62)35-69-44-30-32-61(4)33-31-44)54(66)67-50(38-20-10-5-11-21-38)39-22-12-6-13-23-39/h5-34,37,48,50,53H,35-36H2,1-4H3,(H-,58,59,60,64)/p+1/t48?,53-/m1/s1. The predicted molar refractivity (Wildman–Crippen MR) is 280 cm³/mol. The van der Waals surface area contributed by atoms with Crippen LogP contribution in [0.5, 0.6) is 0 Å². The van der Waals surface area contributed by atoms with Crippen LogP contribution in [0.4, 0.5) is 5.13 Å². The fourth-order valence-corrected chi connectivity index (χ4v) is 11.7. The van der Waals surface area contributed by atoms with Crippen molar-refractivity contribution < 1.29 is 33.2 Å². The molecule has 71 heavy (non-hydrogen) atoms. The van der Waals surface area contributed by atoms with Crippen molar-refractivity contribution in [3.63, 3.8) is 0 Å². The van der Waals surface area contributed by atoms with Crippen LogP contribution in [0.2, 0.25) is 0 Å². The number of carbonyl (C=O) groups is 4. The van der Waals surface area contributed by atoms with Gasteiger partial charge >= 0.3 is 11.9 Å². The summed E-state index contributed by atoms with van der Waals surface area (Å²) in [6, 6.07) is 52.1. The molecule has 0 spiro atoms. The quantitative estimate of drug-likeness (QED) is 0.0241. The van der Waals surface area contributed by atoms with E-state index in [0.29, 0.717) is 16.6 Å². The van der Waals surface area contributed by atoms with Gasteiger partial charge in [0.15, 0.2) is 23.6 Å². The van der Waals surface area contributed by atoms with Gasteiger partial charge < -0.3 is 20.1 Å². The lowest BCUT2D eigenvalue weighted by Crippen LogP contribution is -2.70. The molecule has 1 fully saturated rings. The first kappa shape index (κ1) is 48.8. The van der Waals surface area contributed by atoms with Crippen LogP contribution >= 0.6 is 34.9 Å². The maximum absolute atomic E-state index is 14.7.